The van der Waals surface area contributed by atoms with Crippen molar-refractivity contribution < 1.29 is 4.79 Å². The summed E-state index contributed by atoms with van der Waals surface area (Å²) in [5, 5.41) is 3.38. The van der Waals surface area contributed by atoms with Gasteiger partial charge in [0, 0.05) is 21.2 Å². The largest absolute Gasteiger partial charge is 0.350 e. The lowest BCUT2D eigenvalue weighted by Gasteiger charge is -2.16. The molecule has 0 saturated carbocycles. The molecule has 0 radical (unpaired) electrons. The van der Waals surface area contributed by atoms with Gasteiger partial charge in [0.25, 0.3) is 5.91 Å². The molecule has 1 atom stereocenters. The van der Waals surface area contributed by atoms with Crippen LogP contribution in [0.1, 0.15) is 24.2 Å². The molecule has 17 heavy (non-hydrogen) atoms. The van der Waals surface area contributed by atoms with Crippen LogP contribution in [-0.2, 0) is 0 Å². The molecular formula is C12H16ClIN2O. The molecule has 1 unspecified atom stereocenters. The summed E-state index contributed by atoms with van der Waals surface area (Å²) in [6, 6.07) is 5.22. The van der Waals surface area contributed by atoms with Crippen molar-refractivity contribution in [2.45, 2.75) is 19.9 Å². The van der Waals surface area contributed by atoms with Crippen molar-refractivity contribution in [3.05, 3.63) is 32.4 Å². The van der Waals surface area contributed by atoms with Crippen LogP contribution in [0.15, 0.2) is 18.2 Å². The standard InChI is InChI=1S/C12H16ClIN2O/c1-7(2)11(15)6-16-12(17)9-5-8(13)3-4-10(9)14/h3-5,7,11H,6,15H2,1-2H3,(H,16,17). The summed E-state index contributed by atoms with van der Waals surface area (Å²) in [5.41, 5.74) is 6.46. The quantitative estimate of drug-likeness (QED) is 0.805. The van der Waals surface area contributed by atoms with E-state index in [1.165, 1.54) is 0 Å². The highest BCUT2D eigenvalue weighted by atomic mass is 127. The lowest BCUT2D eigenvalue weighted by Crippen LogP contribution is -2.40. The number of carbonyl (C=O) groups is 1. The average Bonchev–Trinajstić information content (AvgIpc) is 2.28. The van der Waals surface area contributed by atoms with Crippen LogP contribution >= 0.6 is 34.2 Å². The molecule has 3 N–H and O–H groups in total. The molecule has 1 amide bonds. The zero-order valence-corrected chi connectivity index (χ0v) is 12.7. The summed E-state index contributed by atoms with van der Waals surface area (Å²) in [7, 11) is 0. The van der Waals surface area contributed by atoms with Gasteiger partial charge in [-0.3, -0.25) is 4.79 Å². The Kier molecular flexibility index (Phi) is 5.69. The van der Waals surface area contributed by atoms with Crippen LogP contribution in [0.3, 0.4) is 0 Å². The lowest BCUT2D eigenvalue weighted by molar-refractivity contribution is 0.0948. The maximum absolute atomic E-state index is 11.9. The van der Waals surface area contributed by atoms with Crippen molar-refractivity contribution in [3.8, 4) is 0 Å². The van der Waals surface area contributed by atoms with Crippen LogP contribution in [0.5, 0.6) is 0 Å². The Labute approximate surface area is 120 Å². The second kappa shape index (κ2) is 6.56. The van der Waals surface area contributed by atoms with Gasteiger partial charge in [0.2, 0.25) is 0 Å². The van der Waals surface area contributed by atoms with Crippen molar-refractivity contribution in [2.24, 2.45) is 11.7 Å². The van der Waals surface area contributed by atoms with Crippen molar-refractivity contribution in [3.63, 3.8) is 0 Å². The molecule has 94 valence electrons. The molecule has 0 aliphatic carbocycles. The Bertz CT molecular complexity index is 409. The second-order valence-corrected chi connectivity index (χ2v) is 5.84. The highest BCUT2D eigenvalue weighted by Gasteiger charge is 2.13. The summed E-state index contributed by atoms with van der Waals surface area (Å²) < 4.78 is 0.877. The van der Waals surface area contributed by atoms with Gasteiger partial charge in [0.05, 0.1) is 5.56 Å². The molecule has 0 bridgehead atoms. The zero-order chi connectivity index (χ0) is 13.0. The number of nitrogens with two attached hydrogens (primary N) is 1. The number of hydrogen-bond acceptors (Lipinski definition) is 2. The Morgan fingerprint density at radius 1 is 1.53 bits per heavy atom. The molecule has 1 aromatic carbocycles. The number of hydrogen-bond donors (Lipinski definition) is 2. The van der Waals surface area contributed by atoms with E-state index in [9.17, 15) is 4.79 Å². The topological polar surface area (TPSA) is 55.1 Å². The minimum absolute atomic E-state index is 0.0317. The van der Waals surface area contributed by atoms with E-state index in [4.69, 9.17) is 17.3 Å². The minimum Gasteiger partial charge on any atom is -0.350 e. The van der Waals surface area contributed by atoms with Gasteiger partial charge in [0.1, 0.15) is 0 Å². The molecule has 0 aliphatic heterocycles. The molecule has 5 heteroatoms. The van der Waals surface area contributed by atoms with Gasteiger partial charge >= 0.3 is 0 Å². The molecule has 0 aromatic heterocycles. The Hall–Kier alpha value is -0.330. The molecule has 0 fully saturated rings. The Morgan fingerprint density at radius 3 is 2.76 bits per heavy atom. The second-order valence-electron chi connectivity index (χ2n) is 4.24. The van der Waals surface area contributed by atoms with E-state index < -0.39 is 0 Å². The van der Waals surface area contributed by atoms with Crippen molar-refractivity contribution in [2.75, 3.05) is 6.54 Å². The number of halogens is 2. The minimum atomic E-state index is -0.131. The summed E-state index contributed by atoms with van der Waals surface area (Å²) in [4.78, 5) is 11.9. The normalized spacial score (nSPS) is 12.6. The smallest absolute Gasteiger partial charge is 0.252 e. The van der Waals surface area contributed by atoms with E-state index in [1.54, 1.807) is 12.1 Å². The van der Waals surface area contributed by atoms with Gasteiger partial charge in [-0.2, -0.15) is 0 Å². The van der Waals surface area contributed by atoms with Gasteiger partial charge in [0.15, 0.2) is 0 Å². The van der Waals surface area contributed by atoms with Gasteiger partial charge in [-0.15, -0.1) is 0 Å². The molecule has 0 spiro atoms. The monoisotopic (exact) mass is 366 g/mol. The summed E-state index contributed by atoms with van der Waals surface area (Å²) >= 11 is 7.98. The van der Waals surface area contributed by atoms with E-state index in [0.717, 1.165) is 3.57 Å². The number of nitrogens with one attached hydrogen (secondary N) is 1. The van der Waals surface area contributed by atoms with Gasteiger partial charge in [-0.05, 0) is 46.7 Å². The van der Waals surface area contributed by atoms with Gasteiger partial charge < -0.3 is 11.1 Å². The average molecular weight is 367 g/mol. The van der Waals surface area contributed by atoms with Crippen molar-refractivity contribution >= 4 is 40.1 Å². The predicted octanol–water partition coefficient (Wildman–Crippen LogP) is 2.66. The first kappa shape index (κ1) is 14.7. The summed E-state index contributed by atoms with van der Waals surface area (Å²) in [6.45, 7) is 4.53. The predicted molar refractivity (Wildman–Crippen MR) is 79.3 cm³/mol. The third-order valence-electron chi connectivity index (χ3n) is 2.53. The van der Waals surface area contributed by atoms with E-state index >= 15 is 0 Å². The third kappa shape index (κ3) is 4.44. The zero-order valence-electron chi connectivity index (χ0n) is 9.84. The van der Waals surface area contributed by atoms with Crippen molar-refractivity contribution in [1.29, 1.82) is 0 Å². The highest BCUT2D eigenvalue weighted by molar-refractivity contribution is 14.1. The number of carbonyl (C=O) groups excluding carboxylic acids is 1. The van der Waals surface area contributed by atoms with E-state index in [2.05, 4.69) is 27.9 Å². The molecule has 3 nitrogen and oxygen atoms in total. The van der Waals surface area contributed by atoms with Crippen LogP contribution in [0, 0.1) is 9.49 Å². The first-order chi connectivity index (χ1) is 7.91. The highest BCUT2D eigenvalue weighted by Crippen LogP contribution is 2.17. The van der Waals surface area contributed by atoms with Crippen LogP contribution in [-0.4, -0.2) is 18.5 Å². The molecular weight excluding hydrogens is 351 g/mol. The molecule has 0 heterocycles. The first-order valence-electron chi connectivity index (χ1n) is 5.40. The van der Waals surface area contributed by atoms with Crippen molar-refractivity contribution in [1.82, 2.24) is 5.32 Å². The molecule has 0 saturated heterocycles. The van der Waals surface area contributed by atoms with Crippen LogP contribution in [0.4, 0.5) is 0 Å². The fourth-order valence-electron chi connectivity index (χ4n) is 1.21. The summed E-state index contributed by atoms with van der Waals surface area (Å²) in [5.74, 6) is 0.210. The number of rotatable bonds is 4. The maximum Gasteiger partial charge on any atom is 0.252 e. The van der Waals surface area contributed by atoms with Crippen LogP contribution < -0.4 is 11.1 Å². The van der Waals surface area contributed by atoms with E-state index in [0.29, 0.717) is 23.0 Å². The summed E-state index contributed by atoms with van der Waals surface area (Å²) in [6.07, 6.45) is 0. The fraction of sp³-hybridized carbons (Fsp3) is 0.417. The lowest BCUT2D eigenvalue weighted by atomic mass is 10.1. The molecule has 1 rings (SSSR count). The molecule has 1 aromatic rings. The Morgan fingerprint density at radius 2 is 2.18 bits per heavy atom. The van der Waals surface area contributed by atoms with Crippen LogP contribution in [0.2, 0.25) is 5.02 Å². The van der Waals surface area contributed by atoms with E-state index in [1.807, 2.05) is 19.9 Å². The fourth-order valence-corrected chi connectivity index (χ4v) is 1.97. The van der Waals surface area contributed by atoms with Crippen LogP contribution in [0.25, 0.3) is 0 Å². The maximum atomic E-state index is 11.9. The number of benzene rings is 1. The molecule has 0 aliphatic rings. The number of amides is 1. The first-order valence-corrected chi connectivity index (χ1v) is 6.86. The van der Waals surface area contributed by atoms with E-state index in [-0.39, 0.29) is 11.9 Å². The Balaban J connectivity index is 2.67. The van der Waals surface area contributed by atoms with Gasteiger partial charge in [-0.1, -0.05) is 25.4 Å². The SMILES string of the molecule is CC(C)C(N)CNC(=O)c1cc(Cl)ccc1I. The third-order valence-corrected chi connectivity index (χ3v) is 3.70. The van der Waals surface area contributed by atoms with Gasteiger partial charge in [-0.25, -0.2) is 0 Å².